The summed E-state index contributed by atoms with van der Waals surface area (Å²) in [5.74, 6) is 5.99. The molecule has 4 rings (SSSR count). The number of hydrazine groups is 1. The normalized spacial score (nSPS) is 14.5. The molecular formula is C19H18N4O5S. The van der Waals surface area contributed by atoms with Crippen LogP contribution in [0.1, 0.15) is 28.2 Å². The summed E-state index contributed by atoms with van der Waals surface area (Å²) in [6, 6.07) is 8.40. The van der Waals surface area contributed by atoms with Gasteiger partial charge in [-0.2, -0.15) is 5.01 Å². The summed E-state index contributed by atoms with van der Waals surface area (Å²) < 4.78 is 16.1. The quantitative estimate of drug-likeness (QED) is 0.293. The monoisotopic (exact) mass is 414 g/mol. The van der Waals surface area contributed by atoms with Gasteiger partial charge in [0.25, 0.3) is 0 Å². The highest BCUT2D eigenvalue weighted by Gasteiger charge is 2.28. The zero-order valence-electron chi connectivity index (χ0n) is 15.3. The van der Waals surface area contributed by atoms with Crippen LogP contribution in [0.3, 0.4) is 0 Å². The predicted molar refractivity (Wildman–Crippen MR) is 104 cm³/mol. The molecule has 9 nitrogen and oxygen atoms in total. The summed E-state index contributed by atoms with van der Waals surface area (Å²) in [4.78, 5) is 34.1. The molecule has 3 aromatic rings. The first-order valence-corrected chi connectivity index (χ1v) is 9.78. The number of furan rings is 1. The number of hydrogen-bond donors (Lipinski definition) is 1. The van der Waals surface area contributed by atoms with E-state index in [0.29, 0.717) is 37.5 Å². The van der Waals surface area contributed by atoms with E-state index in [4.69, 9.17) is 19.7 Å². The van der Waals surface area contributed by atoms with E-state index in [1.807, 2.05) is 0 Å². The average molecular weight is 414 g/mol. The Labute approximate surface area is 170 Å². The van der Waals surface area contributed by atoms with Crippen LogP contribution in [0.4, 0.5) is 9.93 Å². The minimum atomic E-state index is -0.742. The van der Waals surface area contributed by atoms with Crippen molar-refractivity contribution in [1.29, 1.82) is 0 Å². The van der Waals surface area contributed by atoms with Crippen molar-refractivity contribution in [2.45, 2.75) is 18.9 Å². The molecule has 2 N–H and O–H groups in total. The molecule has 0 aromatic carbocycles. The molecule has 3 aromatic heterocycles. The van der Waals surface area contributed by atoms with Gasteiger partial charge in [0.15, 0.2) is 5.76 Å². The molecule has 0 saturated carbocycles. The molecule has 0 bridgehead atoms. The van der Waals surface area contributed by atoms with Crippen LogP contribution in [-0.2, 0) is 9.47 Å². The van der Waals surface area contributed by atoms with E-state index in [0.717, 1.165) is 16.3 Å². The predicted octanol–water partition coefficient (Wildman–Crippen LogP) is 3.02. The third kappa shape index (κ3) is 4.19. The van der Waals surface area contributed by atoms with E-state index in [9.17, 15) is 9.59 Å². The third-order valence-corrected chi connectivity index (χ3v) is 5.37. The summed E-state index contributed by atoms with van der Waals surface area (Å²) in [7, 11) is 0. The molecule has 0 unspecified atom stereocenters. The number of aromatic nitrogens is 2. The number of carbonyl (C=O) groups excluding carboxylic acids is 2. The molecule has 1 aliphatic rings. The number of hydrogen-bond acceptors (Lipinski definition) is 9. The van der Waals surface area contributed by atoms with Crippen molar-refractivity contribution in [1.82, 2.24) is 9.97 Å². The molecule has 0 spiro atoms. The van der Waals surface area contributed by atoms with E-state index in [-0.39, 0.29) is 27.6 Å². The molecule has 1 aliphatic heterocycles. The molecule has 1 fully saturated rings. The molecule has 0 radical (unpaired) electrons. The summed E-state index contributed by atoms with van der Waals surface area (Å²) in [5.41, 5.74) is 0.545. The van der Waals surface area contributed by atoms with Gasteiger partial charge in [-0.05, 0) is 24.3 Å². The number of nitrogens with zero attached hydrogens (tertiary/aromatic N) is 3. The Balaban J connectivity index is 1.62. The maximum Gasteiger partial charge on any atom is 0.431 e. The van der Waals surface area contributed by atoms with E-state index in [1.165, 1.54) is 12.5 Å². The van der Waals surface area contributed by atoms with Crippen LogP contribution in [0.2, 0.25) is 0 Å². The lowest BCUT2D eigenvalue weighted by molar-refractivity contribution is 0.00377. The second-order valence-electron chi connectivity index (χ2n) is 6.26. The van der Waals surface area contributed by atoms with Gasteiger partial charge in [0, 0.05) is 19.0 Å². The molecule has 1 saturated heterocycles. The van der Waals surface area contributed by atoms with E-state index in [2.05, 4.69) is 9.97 Å². The summed E-state index contributed by atoms with van der Waals surface area (Å²) >= 11 is 0.974. The minimum absolute atomic E-state index is 0.118. The standard InChI is InChI=1S/C19H18N4O5S/c20-23(19(25)28-12-6-10-26-11-7-12)18-22-15(14-5-3-9-27-14)17(29-18)16(24)13-4-1-2-8-21-13/h1-5,8-9,12H,6-7,10-11,20H2. The van der Waals surface area contributed by atoms with Crippen molar-refractivity contribution in [2.24, 2.45) is 5.84 Å². The minimum Gasteiger partial charge on any atom is -0.463 e. The zero-order chi connectivity index (χ0) is 20.2. The van der Waals surface area contributed by atoms with Gasteiger partial charge < -0.3 is 13.9 Å². The number of amides is 1. The van der Waals surface area contributed by atoms with Crippen LogP contribution in [0.25, 0.3) is 11.5 Å². The van der Waals surface area contributed by atoms with E-state index >= 15 is 0 Å². The molecular weight excluding hydrogens is 396 g/mol. The fraction of sp³-hybridized carbons (Fsp3) is 0.263. The fourth-order valence-corrected chi connectivity index (χ4v) is 3.76. The van der Waals surface area contributed by atoms with Crippen LogP contribution in [0.5, 0.6) is 0 Å². The fourth-order valence-electron chi connectivity index (χ4n) is 2.83. The Morgan fingerprint density at radius 2 is 2.03 bits per heavy atom. The van der Waals surface area contributed by atoms with E-state index in [1.54, 1.807) is 30.3 Å². The molecule has 0 atom stereocenters. The van der Waals surface area contributed by atoms with Gasteiger partial charge in [-0.3, -0.25) is 9.78 Å². The largest absolute Gasteiger partial charge is 0.463 e. The molecule has 150 valence electrons. The maximum absolute atomic E-state index is 13.0. The Morgan fingerprint density at radius 3 is 2.72 bits per heavy atom. The number of ketones is 1. The summed E-state index contributed by atoms with van der Waals surface area (Å²) in [6.45, 7) is 1.07. The lowest BCUT2D eigenvalue weighted by atomic mass is 10.1. The highest BCUT2D eigenvalue weighted by Crippen LogP contribution is 2.34. The van der Waals surface area contributed by atoms with Crippen LogP contribution >= 0.6 is 11.3 Å². The number of carbonyl (C=O) groups is 2. The Bertz CT molecular complexity index is 983. The Kier molecular flexibility index (Phi) is 5.65. The van der Waals surface area contributed by atoms with E-state index < -0.39 is 6.09 Å². The lowest BCUT2D eigenvalue weighted by Gasteiger charge is -2.24. The number of anilines is 1. The van der Waals surface area contributed by atoms with Crippen molar-refractivity contribution in [3.05, 3.63) is 53.4 Å². The lowest BCUT2D eigenvalue weighted by Crippen LogP contribution is -2.40. The summed E-state index contributed by atoms with van der Waals surface area (Å²) in [5, 5.41) is 0.926. The maximum atomic E-state index is 13.0. The van der Waals surface area contributed by atoms with Crippen molar-refractivity contribution in [2.75, 3.05) is 18.2 Å². The molecule has 10 heteroatoms. The van der Waals surface area contributed by atoms with Gasteiger partial charge in [0.1, 0.15) is 22.4 Å². The van der Waals surface area contributed by atoms with Gasteiger partial charge in [-0.25, -0.2) is 15.6 Å². The molecule has 0 aliphatic carbocycles. The van der Waals surface area contributed by atoms with Gasteiger partial charge >= 0.3 is 6.09 Å². The van der Waals surface area contributed by atoms with Gasteiger partial charge in [0.2, 0.25) is 10.9 Å². The number of nitrogens with two attached hydrogens (primary N) is 1. The zero-order valence-corrected chi connectivity index (χ0v) is 16.1. The Morgan fingerprint density at radius 1 is 1.21 bits per heavy atom. The van der Waals surface area contributed by atoms with Crippen LogP contribution in [0.15, 0.2) is 47.2 Å². The Hall–Kier alpha value is -3.08. The average Bonchev–Trinajstić information content (AvgIpc) is 3.44. The molecule has 4 heterocycles. The second kappa shape index (κ2) is 8.52. The first-order valence-electron chi connectivity index (χ1n) is 8.97. The van der Waals surface area contributed by atoms with Crippen molar-refractivity contribution in [3.63, 3.8) is 0 Å². The number of thiazole rings is 1. The van der Waals surface area contributed by atoms with Crippen molar-refractivity contribution >= 4 is 28.3 Å². The SMILES string of the molecule is NN(C(=O)OC1CCOCC1)c1nc(-c2ccco2)c(C(=O)c2ccccn2)s1. The van der Waals surface area contributed by atoms with Gasteiger partial charge in [-0.1, -0.05) is 17.4 Å². The van der Waals surface area contributed by atoms with Gasteiger partial charge in [0.05, 0.1) is 19.5 Å². The van der Waals surface area contributed by atoms with Crippen LogP contribution < -0.4 is 10.9 Å². The topological polar surface area (TPSA) is 121 Å². The number of ether oxygens (including phenoxy) is 2. The number of pyridine rings is 1. The first-order chi connectivity index (χ1) is 14.1. The van der Waals surface area contributed by atoms with Crippen LogP contribution in [0, 0.1) is 0 Å². The number of rotatable bonds is 5. The molecule has 1 amide bonds. The van der Waals surface area contributed by atoms with Crippen molar-refractivity contribution in [3.8, 4) is 11.5 Å². The van der Waals surface area contributed by atoms with Crippen molar-refractivity contribution < 1.29 is 23.5 Å². The third-order valence-electron chi connectivity index (χ3n) is 4.31. The highest BCUT2D eigenvalue weighted by molar-refractivity contribution is 7.18. The summed E-state index contributed by atoms with van der Waals surface area (Å²) in [6.07, 6.45) is 3.22. The second-order valence-corrected chi connectivity index (χ2v) is 7.24. The highest BCUT2D eigenvalue weighted by atomic mass is 32.1. The smallest absolute Gasteiger partial charge is 0.431 e. The van der Waals surface area contributed by atoms with Crippen LogP contribution in [-0.4, -0.2) is 41.2 Å². The first kappa shape index (κ1) is 19.2. The molecule has 29 heavy (non-hydrogen) atoms. The van der Waals surface area contributed by atoms with Gasteiger partial charge in [-0.15, -0.1) is 0 Å².